The highest BCUT2D eigenvalue weighted by molar-refractivity contribution is 5.80. The van der Waals surface area contributed by atoms with Crippen LogP contribution < -0.4 is 9.80 Å². The van der Waals surface area contributed by atoms with Gasteiger partial charge in [0, 0.05) is 32.1 Å². The molecule has 2 atom stereocenters. The van der Waals surface area contributed by atoms with Crippen LogP contribution in [0.3, 0.4) is 0 Å². The lowest BCUT2D eigenvalue weighted by Crippen LogP contribution is -2.43. The monoisotopic (exact) mass is 228 g/mol. The van der Waals surface area contributed by atoms with Gasteiger partial charge in [-0.05, 0) is 24.5 Å². The van der Waals surface area contributed by atoms with Gasteiger partial charge < -0.3 is 9.80 Å². The molecule has 3 aliphatic rings. The minimum atomic E-state index is 0.814. The smallest absolute Gasteiger partial charge is 0.0643 e. The number of anilines is 2. The molecule has 0 saturated heterocycles. The lowest BCUT2D eigenvalue weighted by Gasteiger charge is -2.39. The molecule has 1 fully saturated rings. The van der Waals surface area contributed by atoms with E-state index in [4.69, 9.17) is 0 Å². The van der Waals surface area contributed by atoms with E-state index >= 15 is 0 Å². The highest BCUT2D eigenvalue weighted by Gasteiger charge is 2.42. The van der Waals surface area contributed by atoms with E-state index in [0.29, 0.717) is 0 Å². The van der Waals surface area contributed by atoms with Gasteiger partial charge in [0.25, 0.3) is 0 Å². The summed E-state index contributed by atoms with van der Waals surface area (Å²) in [5.74, 6) is 0.824. The molecule has 2 nitrogen and oxygen atoms in total. The predicted molar refractivity (Wildman–Crippen MR) is 72.1 cm³/mol. The molecule has 90 valence electrons. The van der Waals surface area contributed by atoms with Gasteiger partial charge in [0.15, 0.2) is 0 Å². The second-order valence-corrected chi connectivity index (χ2v) is 5.79. The molecular formula is C15H20N2. The third-order valence-corrected chi connectivity index (χ3v) is 4.95. The Hall–Kier alpha value is -1.18. The maximum Gasteiger partial charge on any atom is 0.0643 e. The zero-order valence-corrected chi connectivity index (χ0v) is 10.5. The standard InChI is InChI=1S/C15H20N2/c1-16-9-10-17-13-7-3-2-5-11(13)12-6-4-8-14(16)15(12)17/h4,6,8,11,13H,2-3,5,7,9-10H2,1H3. The summed E-state index contributed by atoms with van der Waals surface area (Å²) in [6, 6.07) is 7.74. The van der Waals surface area contributed by atoms with Gasteiger partial charge in [-0.1, -0.05) is 25.0 Å². The van der Waals surface area contributed by atoms with Crippen molar-refractivity contribution in [2.45, 2.75) is 37.6 Å². The number of nitrogens with zero attached hydrogens (tertiary/aromatic N) is 2. The molecule has 0 N–H and O–H groups in total. The van der Waals surface area contributed by atoms with E-state index in [2.05, 4.69) is 35.0 Å². The molecule has 17 heavy (non-hydrogen) atoms. The van der Waals surface area contributed by atoms with E-state index < -0.39 is 0 Å². The Morgan fingerprint density at radius 1 is 1.12 bits per heavy atom. The Labute approximate surface area is 103 Å². The van der Waals surface area contributed by atoms with Crippen LogP contribution in [0.15, 0.2) is 18.2 Å². The van der Waals surface area contributed by atoms with Gasteiger partial charge >= 0.3 is 0 Å². The molecule has 2 heterocycles. The number of benzene rings is 1. The van der Waals surface area contributed by atoms with Crippen LogP contribution in [0.2, 0.25) is 0 Å². The first-order valence-corrected chi connectivity index (χ1v) is 6.97. The summed E-state index contributed by atoms with van der Waals surface area (Å²) in [5.41, 5.74) is 4.67. The highest BCUT2D eigenvalue weighted by atomic mass is 15.3. The topological polar surface area (TPSA) is 6.48 Å². The van der Waals surface area contributed by atoms with Crippen LogP contribution in [0.4, 0.5) is 11.4 Å². The van der Waals surface area contributed by atoms with Crippen molar-refractivity contribution in [1.29, 1.82) is 0 Å². The fraction of sp³-hybridized carbons (Fsp3) is 0.600. The maximum absolute atomic E-state index is 2.72. The summed E-state index contributed by atoms with van der Waals surface area (Å²) in [5, 5.41) is 0. The molecule has 2 heteroatoms. The summed E-state index contributed by atoms with van der Waals surface area (Å²) in [6.07, 6.45) is 5.66. The van der Waals surface area contributed by atoms with Crippen LogP contribution in [-0.2, 0) is 0 Å². The summed E-state index contributed by atoms with van der Waals surface area (Å²) >= 11 is 0. The Morgan fingerprint density at radius 2 is 2.00 bits per heavy atom. The Balaban J connectivity index is 1.89. The fourth-order valence-corrected chi connectivity index (χ4v) is 4.14. The molecule has 0 radical (unpaired) electrons. The van der Waals surface area contributed by atoms with Crippen molar-refractivity contribution in [3.05, 3.63) is 23.8 Å². The molecule has 0 aromatic heterocycles. The van der Waals surface area contributed by atoms with E-state index in [1.54, 1.807) is 11.3 Å². The summed E-state index contributed by atoms with van der Waals surface area (Å²) in [4.78, 5) is 5.14. The number of fused-ring (bicyclic) bond motifs is 3. The van der Waals surface area contributed by atoms with Gasteiger partial charge in [-0.3, -0.25) is 0 Å². The molecule has 0 bridgehead atoms. The first-order valence-electron chi connectivity index (χ1n) is 6.97. The second-order valence-electron chi connectivity index (χ2n) is 5.79. The van der Waals surface area contributed by atoms with Gasteiger partial charge in [-0.25, -0.2) is 0 Å². The number of hydrogen-bond acceptors (Lipinski definition) is 2. The third-order valence-electron chi connectivity index (χ3n) is 4.95. The number of rotatable bonds is 0. The van der Waals surface area contributed by atoms with Crippen LogP contribution in [-0.4, -0.2) is 26.2 Å². The molecule has 1 aromatic rings. The van der Waals surface area contributed by atoms with Crippen LogP contribution in [0.5, 0.6) is 0 Å². The molecule has 0 amide bonds. The molecule has 0 spiro atoms. The van der Waals surface area contributed by atoms with Crippen LogP contribution in [0, 0.1) is 0 Å². The van der Waals surface area contributed by atoms with E-state index in [1.807, 2.05) is 0 Å². The van der Waals surface area contributed by atoms with E-state index in [-0.39, 0.29) is 0 Å². The van der Waals surface area contributed by atoms with Gasteiger partial charge in [0.05, 0.1) is 11.4 Å². The maximum atomic E-state index is 2.72. The minimum Gasteiger partial charge on any atom is -0.371 e. The highest BCUT2D eigenvalue weighted by Crippen LogP contribution is 2.52. The largest absolute Gasteiger partial charge is 0.371 e. The van der Waals surface area contributed by atoms with Crippen molar-refractivity contribution in [2.24, 2.45) is 0 Å². The van der Waals surface area contributed by atoms with E-state index in [0.717, 1.165) is 12.0 Å². The Kier molecular flexibility index (Phi) is 1.97. The SMILES string of the molecule is CN1CCN2c3c(cccc31)C1CCCCC12. The van der Waals surface area contributed by atoms with E-state index in [1.165, 1.54) is 44.5 Å². The molecule has 1 saturated carbocycles. The van der Waals surface area contributed by atoms with Crippen molar-refractivity contribution < 1.29 is 0 Å². The number of hydrogen-bond donors (Lipinski definition) is 0. The molecular weight excluding hydrogens is 208 g/mol. The van der Waals surface area contributed by atoms with Crippen molar-refractivity contribution in [3.8, 4) is 0 Å². The minimum absolute atomic E-state index is 0.814. The fourth-order valence-electron chi connectivity index (χ4n) is 4.14. The lowest BCUT2D eigenvalue weighted by molar-refractivity contribution is 0.386. The molecule has 4 rings (SSSR count). The summed E-state index contributed by atoms with van der Waals surface area (Å²) < 4.78 is 0. The van der Waals surface area contributed by atoms with Crippen molar-refractivity contribution in [3.63, 3.8) is 0 Å². The first kappa shape index (κ1) is 9.81. The third kappa shape index (κ3) is 1.21. The van der Waals surface area contributed by atoms with Crippen molar-refractivity contribution >= 4 is 11.4 Å². The quantitative estimate of drug-likeness (QED) is 0.673. The lowest BCUT2D eigenvalue weighted by atomic mass is 9.82. The Bertz CT molecular complexity index is 454. The zero-order valence-electron chi connectivity index (χ0n) is 10.5. The Morgan fingerprint density at radius 3 is 2.94 bits per heavy atom. The van der Waals surface area contributed by atoms with Crippen LogP contribution in [0.1, 0.15) is 37.2 Å². The van der Waals surface area contributed by atoms with Crippen molar-refractivity contribution in [1.82, 2.24) is 0 Å². The second kappa shape index (κ2) is 3.41. The average Bonchev–Trinajstić information content (AvgIpc) is 2.70. The van der Waals surface area contributed by atoms with Gasteiger partial charge in [0.1, 0.15) is 0 Å². The summed E-state index contributed by atoms with van der Waals surface area (Å²) in [6.45, 7) is 2.40. The van der Waals surface area contributed by atoms with E-state index in [9.17, 15) is 0 Å². The zero-order chi connectivity index (χ0) is 11.4. The molecule has 2 unspecified atom stereocenters. The van der Waals surface area contributed by atoms with Gasteiger partial charge in [-0.15, -0.1) is 0 Å². The average molecular weight is 228 g/mol. The molecule has 2 aliphatic heterocycles. The van der Waals surface area contributed by atoms with Crippen LogP contribution in [0.25, 0.3) is 0 Å². The summed E-state index contributed by atoms with van der Waals surface area (Å²) in [7, 11) is 2.23. The van der Waals surface area contributed by atoms with Crippen molar-refractivity contribution in [2.75, 3.05) is 29.9 Å². The normalized spacial score (nSPS) is 30.2. The predicted octanol–water partition coefficient (Wildman–Crippen LogP) is 2.98. The first-order chi connectivity index (χ1) is 8.36. The number of likely N-dealkylation sites (N-methyl/N-ethyl adjacent to an activating group) is 1. The van der Waals surface area contributed by atoms with Gasteiger partial charge in [-0.2, -0.15) is 0 Å². The van der Waals surface area contributed by atoms with Gasteiger partial charge in [0.2, 0.25) is 0 Å². The number of para-hydroxylation sites is 1. The molecule has 1 aliphatic carbocycles. The molecule has 1 aromatic carbocycles. The van der Waals surface area contributed by atoms with Crippen LogP contribution >= 0.6 is 0 Å².